The Kier molecular flexibility index (Phi) is 5.33. The molecule has 0 spiro atoms. The van der Waals surface area contributed by atoms with Crippen LogP contribution in [0.5, 0.6) is 0 Å². The van der Waals surface area contributed by atoms with Gasteiger partial charge in [0.2, 0.25) is 5.91 Å². The van der Waals surface area contributed by atoms with Crippen molar-refractivity contribution in [3.05, 3.63) is 71.0 Å². The zero-order chi connectivity index (χ0) is 23.2. The first-order valence-corrected chi connectivity index (χ1v) is 10.6. The lowest BCUT2D eigenvalue weighted by atomic mass is 9.84. The van der Waals surface area contributed by atoms with Crippen molar-refractivity contribution in [2.24, 2.45) is 5.41 Å². The molecule has 3 amide bonds. The highest BCUT2D eigenvalue weighted by atomic mass is 19.1. The number of carbonyl (C=O) groups excluding carboxylic acids is 3. The molecule has 32 heavy (non-hydrogen) atoms. The number of fused-ring (bicyclic) bond motifs is 1. The van der Waals surface area contributed by atoms with Gasteiger partial charge in [0, 0.05) is 0 Å². The molecule has 0 saturated carbocycles. The smallest absolute Gasteiger partial charge is 0.262 e. The second-order valence-electron chi connectivity index (χ2n) is 8.94. The Hall–Kier alpha value is -3.53. The predicted octanol–water partition coefficient (Wildman–Crippen LogP) is 4.09. The van der Waals surface area contributed by atoms with Gasteiger partial charge < -0.3 is 4.90 Å². The normalized spacial score (nSPS) is 21.5. The summed E-state index contributed by atoms with van der Waals surface area (Å²) in [4.78, 5) is 42.2. The van der Waals surface area contributed by atoms with Gasteiger partial charge in [-0.15, -0.1) is 0 Å². The average Bonchev–Trinajstić information content (AvgIpc) is 3.34. The Labute approximate surface area is 186 Å². The van der Waals surface area contributed by atoms with E-state index in [2.05, 4.69) is 6.07 Å². The lowest BCUT2D eigenvalue weighted by Crippen LogP contribution is -2.53. The van der Waals surface area contributed by atoms with Crippen LogP contribution in [0.15, 0.2) is 48.5 Å². The van der Waals surface area contributed by atoms with Crippen LogP contribution in [0.25, 0.3) is 0 Å². The van der Waals surface area contributed by atoms with E-state index < -0.39 is 47.1 Å². The minimum atomic E-state index is -1.06. The van der Waals surface area contributed by atoms with Crippen LogP contribution in [0.3, 0.4) is 0 Å². The molecule has 7 heteroatoms. The molecule has 0 bridgehead atoms. The number of rotatable bonds is 4. The number of likely N-dealkylation sites (tertiary alicyclic amines) is 1. The molecule has 1 saturated heterocycles. The van der Waals surface area contributed by atoms with Crippen LogP contribution < -0.4 is 0 Å². The largest absolute Gasteiger partial charge is 0.329 e. The summed E-state index contributed by atoms with van der Waals surface area (Å²) in [5.74, 6) is -1.86. The van der Waals surface area contributed by atoms with Crippen molar-refractivity contribution in [1.82, 2.24) is 9.80 Å². The van der Waals surface area contributed by atoms with E-state index >= 15 is 0 Å². The zero-order valence-electron chi connectivity index (χ0n) is 18.2. The summed E-state index contributed by atoms with van der Waals surface area (Å²) in [7, 11) is 0. The first kappa shape index (κ1) is 21.7. The van der Waals surface area contributed by atoms with E-state index in [9.17, 15) is 24.0 Å². The van der Waals surface area contributed by atoms with Gasteiger partial charge in [0.15, 0.2) is 0 Å². The lowest BCUT2D eigenvalue weighted by molar-refractivity contribution is -0.139. The van der Waals surface area contributed by atoms with Crippen molar-refractivity contribution in [2.75, 3.05) is 0 Å². The molecule has 1 fully saturated rings. The van der Waals surface area contributed by atoms with Gasteiger partial charge in [0.25, 0.3) is 11.8 Å². The molecule has 0 aromatic heterocycles. The third kappa shape index (κ3) is 3.36. The number of halogens is 1. The molecule has 0 radical (unpaired) electrons. The first-order valence-electron chi connectivity index (χ1n) is 10.6. The maximum atomic E-state index is 14.0. The molecular formula is C25H24FN3O3. The SMILES string of the molecule is CC(C(=O)N1[C@H](c2cccc(F)c2)CC[C@@H]1C(C)(C)C#N)N1C(=O)c2ccccc2C1=O. The third-order valence-electron chi connectivity index (χ3n) is 6.56. The Morgan fingerprint density at radius 3 is 2.28 bits per heavy atom. The van der Waals surface area contributed by atoms with Crippen molar-refractivity contribution in [3.8, 4) is 6.07 Å². The van der Waals surface area contributed by atoms with Gasteiger partial charge in [-0.2, -0.15) is 5.26 Å². The van der Waals surface area contributed by atoms with Crippen molar-refractivity contribution in [3.63, 3.8) is 0 Å². The van der Waals surface area contributed by atoms with Gasteiger partial charge in [0.05, 0.1) is 34.7 Å². The zero-order valence-corrected chi connectivity index (χ0v) is 18.2. The summed E-state index contributed by atoms with van der Waals surface area (Å²) in [6.45, 7) is 5.05. The molecule has 2 aromatic rings. The fourth-order valence-corrected chi connectivity index (χ4v) is 4.83. The predicted molar refractivity (Wildman–Crippen MR) is 115 cm³/mol. The summed E-state index contributed by atoms with van der Waals surface area (Å²) in [5.41, 5.74) is 0.312. The van der Waals surface area contributed by atoms with Crippen LogP contribution in [0.4, 0.5) is 4.39 Å². The van der Waals surface area contributed by atoms with E-state index in [4.69, 9.17) is 0 Å². The Bertz CT molecular complexity index is 1120. The van der Waals surface area contributed by atoms with E-state index in [0.717, 1.165) is 4.90 Å². The minimum Gasteiger partial charge on any atom is -0.329 e. The van der Waals surface area contributed by atoms with Gasteiger partial charge in [-0.05, 0) is 63.4 Å². The topological polar surface area (TPSA) is 81.5 Å². The Morgan fingerprint density at radius 1 is 1.09 bits per heavy atom. The quantitative estimate of drug-likeness (QED) is 0.680. The molecule has 2 aliphatic rings. The second kappa shape index (κ2) is 7.86. The van der Waals surface area contributed by atoms with Gasteiger partial charge in [-0.3, -0.25) is 19.3 Å². The van der Waals surface area contributed by atoms with Crippen molar-refractivity contribution < 1.29 is 18.8 Å². The molecular weight excluding hydrogens is 409 g/mol. The number of imide groups is 1. The van der Waals surface area contributed by atoms with Crippen molar-refractivity contribution in [1.29, 1.82) is 5.26 Å². The maximum Gasteiger partial charge on any atom is 0.262 e. The van der Waals surface area contributed by atoms with Crippen LogP contribution in [0.1, 0.15) is 65.9 Å². The Morgan fingerprint density at radius 2 is 1.72 bits per heavy atom. The van der Waals surface area contributed by atoms with Crippen molar-refractivity contribution in [2.45, 2.75) is 51.7 Å². The van der Waals surface area contributed by atoms with Crippen molar-refractivity contribution >= 4 is 17.7 Å². The summed E-state index contributed by atoms with van der Waals surface area (Å²) in [6, 6.07) is 12.9. The number of amides is 3. The van der Waals surface area contributed by atoms with E-state index in [1.165, 1.54) is 19.1 Å². The first-order chi connectivity index (χ1) is 15.2. The van der Waals surface area contributed by atoms with E-state index in [1.807, 2.05) is 0 Å². The molecule has 0 N–H and O–H groups in total. The molecule has 2 heterocycles. The number of benzene rings is 2. The lowest BCUT2D eigenvalue weighted by Gasteiger charge is -2.39. The van der Waals surface area contributed by atoms with Gasteiger partial charge >= 0.3 is 0 Å². The number of nitriles is 1. The second-order valence-corrected chi connectivity index (χ2v) is 8.94. The average molecular weight is 433 g/mol. The highest BCUT2D eigenvalue weighted by molar-refractivity contribution is 6.22. The standard InChI is InChI=1S/C25H24FN3O3/c1-15(28-23(31)18-9-4-5-10-19(18)24(28)32)22(30)29-20(16-7-6-8-17(26)13-16)11-12-21(29)25(2,3)14-27/h4-10,13,15,20-21H,11-12H2,1-3H3/t15?,20-,21+/m0/s1. The van der Waals surface area contributed by atoms with Crippen LogP contribution >= 0.6 is 0 Å². The highest BCUT2D eigenvalue weighted by Gasteiger charge is 2.49. The fourth-order valence-electron chi connectivity index (χ4n) is 4.83. The number of nitrogens with zero attached hydrogens (tertiary/aromatic N) is 3. The molecule has 0 aliphatic carbocycles. The summed E-state index contributed by atoms with van der Waals surface area (Å²) in [5, 5.41) is 9.74. The molecule has 164 valence electrons. The minimum absolute atomic E-state index is 0.272. The van der Waals surface area contributed by atoms with Crippen LogP contribution in [-0.2, 0) is 4.79 Å². The molecule has 4 rings (SSSR count). The number of carbonyl (C=O) groups is 3. The molecule has 2 aromatic carbocycles. The van der Waals surface area contributed by atoms with E-state index in [1.54, 1.807) is 55.1 Å². The summed E-state index contributed by atoms with van der Waals surface area (Å²) < 4.78 is 14.0. The highest BCUT2D eigenvalue weighted by Crippen LogP contribution is 2.44. The molecule has 3 atom stereocenters. The monoisotopic (exact) mass is 433 g/mol. The summed E-state index contributed by atoms with van der Waals surface area (Å²) >= 11 is 0. The summed E-state index contributed by atoms with van der Waals surface area (Å²) in [6.07, 6.45) is 1.11. The van der Waals surface area contributed by atoms with Crippen LogP contribution in [-0.4, -0.2) is 39.6 Å². The number of hydrogen-bond acceptors (Lipinski definition) is 4. The van der Waals surface area contributed by atoms with Gasteiger partial charge in [-0.1, -0.05) is 24.3 Å². The van der Waals surface area contributed by atoms with Crippen LogP contribution in [0.2, 0.25) is 0 Å². The molecule has 1 unspecified atom stereocenters. The van der Waals surface area contributed by atoms with Crippen LogP contribution in [0, 0.1) is 22.6 Å². The van der Waals surface area contributed by atoms with Gasteiger partial charge in [0.1, 0.15) is 11.9 Å². The van der Waals surface area contributed by atoms with E-state index in [0.29, 0.717) is 18.4 Å². The molecule has 2 aliphatic heterocycles. The third-order valence-corrected chi connectivity index (χ3v) is 6.56. The maximum absolute atomic E-state index is 14.0. The Balaban J connectivity index is 1.72. The molecule has 6 nitrogen and oxygen atoms in total. The van der Waals surface area contributed by atoms with Gasteiger partial charge in [-0.25, -0.2) is 4.39 Å². The number of hydrogen-bond donors (Lipinski definition) is 0. The van der Waals surface area contributed by atoms with E-state index in [-0.39, 0.29) is 11.1 Å². The fraction of sp³-hybridized carbons (Fsp3) is 0.360.